The molecule has 0 amide bonds. The number of nitrogens with one attached hydrogen (secondary N) is 1. The van der Waals surface area contributed by atoms with Crippen molar-refractivity contribution >= 4 is 22.8 Å². The minimum atomic E-state index is -0.459. The predicted octanol–water partition coefficient (Wildman–Crippen LogP) is 2.95. The molecule has 114 valence electrons. The quantitative estimate of drug-likeness (QED) is 0.573. The minimum Gasteiger partial charge on any atom is -0.424 e. The summed E-state index contributed by atoms with van der Waals surface area (Å²) >= 11 is 0. The first-order valence-corrected chi connectivity index (χ1v) is 7.03. The molecule has 0 saturated heterocycles. The molecule has 7 nitrogen and oxygen atoms in total. The number of fused-ring (bicyclic) bond motifs is 1. The molecular weight excluding hydrogens is 274 g/mol. The Morgan fingerprint density at radius 3 is 2.95 bits per heavy atom. The fourth-order valence-electron chi connectivity index (χ4n) is 2.28. The standard InChI is InChI=1S/C14H19N3O4/c1-2-3-10(6-7-18)9-15-14-16-12-8-11(17(19)20)4-5-13(12)21-14/h4-5,8,10,18H,2-3,6-7,9H2,1H3,(H,15,16). The average molecular weight is 293 g/mol. The van der Waals surface area contributed by atoms with E-state index in [1.54, 1.807) is 6.07 Å². The van der Waals surface area contributed by atoms with Crippen LogP contribution in [0.3, 0.4) is 0 Å². The van der Waals surface area contributed by atoms with E-state index >= 15 is 0 Å². The first-order chi connectivity index (χ1) is 10.1. The molecule has 0 radical (unpaired) electrons. The molecule has 0 fully saturated rings. The summed E-state index contributed by atoms with van der Waals surface area (Å²) < 4.78 is 5.50. The van der Waals surface area contributed by atoms with Crippen molar-refractivity contribution < 1.29 is 14.4 Å². The van der Waals surface area contributed by atoms with Gasteiger partial charge < -0.3 is 14.8 Å². The van der Waals surface area contributed by atoms with Gasteiger partial charge in [-0.1, -0.05) is 13.3 Å². The van der Waals surface area contributed by atoms with Crippen molar-refractivity contribution in [2.45, 2.75) is 26.2 Å². The lowest BCUT2D eigenvalue weighted by Crippen LogP contribution is -2.15. The Labute approximate surface area is 122 Å². The molecule has 0 saturated carbocycles. The summed E-state index contributed by atoms with van der Waals surface area (Å²) in [5.74, 6) is 0.351. The normalized spacial score (nSPS) is 12.5. The summed E-state index contributed by atoms with van der Waals surface area (Å²) in [6, 6.07) is 4.68. The summed E-state index contributed by atoms with van der Waals surface area (Å²) in [7, 11) is 0. The first kappa shape index (κ1) is 15.2. The number of non-ortho nitro benzene ring substituents is 1. The third-order valence-corrected chi connectivity index (χ3v) is 3.36. The number of nitro groups is 1. The molecule has 0 spiro atoms. The highest BCUT2D eigenvalue weighted by Gasteiger charge is 2.13. The molecule has 2 aromatic rings. The van der Waals surface area contributed by atoms with E-state index in [9.17, 15) is 10.1 Å². The van der Waals surface area contributed by atoms with Crippen LogP contribution >= 0.6 is 0 Å². The maximum Gasteiger partial charge on any atom is 0.295 e. The van der Waals surface area contributed by atoms with Crippen LogP contribution in [0.2, 0.25) is 0 Å². The number of hydrogen-bond donors (Lipinski definition) is 2. The number of oxazole rings is 1. The second kappa shape index (κ2) is 7.03. The van der Waals surface area contributed by atoms with Crippen molar-refractivity contribution in [3.63, 3.8) is 0 Å². The third kappa shape index (κ3) is 3.91. The van der Waals surface area contributed by atoms with E-state index in [1.165, 1.54) is 12.1 Å². The molecule has 2 N–H and O–H groups in total. The highest BCUT2D eigenvalue weighted by molar-refractivity contribution is 5.77. The molecule has 0 aliphatic rings. The fraction of sp³-hybridized carbons (Fsp3) is 0.500. The van der Waals surface area contributed by atoms with E-state index in [0.29, 0.717) is 29.6 Å². The van der Waals surface area contributed by atoms with Crippen molar-refractivity contribution in [1.29, 1.82) is 0 Å². The highest BCUT2D eigenvalue weighted by atomic mass is 16.6. The van der Waals surface area contributed by atoms with Gasteiger partial charge in [0.05, 0.1) is 4.92 Å². The third-order valence-electron chi connectivity index (χ3n) is 3.36. The fourth-order valence-corrected chi connectivity index (χ4v) is 2.28. The van der Waals surface area contributed by atoms with Crippen LogP contribution in [0, 0.1) is 16.0 Å². The van der Waals surface area contributed by atoms with Gasteiger partial charge in [0, 0.05) is 25.3 Å². The topological polar surface area (TPSA) is 101 Å². The van der Waals surface area contributed by atoms with E-state index in [4.69, 9.17) is 9.52 Å². The Kier molecular flexibility index (Phi) is 5.10. The molecule has 7 heteroatoms. The van der Waals surface area contributed by atoms with Gasteiger partial charge in [-0.25, -0.2) is 0 Å². The van der Waals surface area contributed by atoms with Crippen molar-refractivity contribution in [3.05, 3.63) is 28.3 Å². The molecule has 1 aromatic heterocycles. The maximum atomic E-state index is 10.7. The van der Waals surface area contributed by atoms with Gasteiger partial charge in [-0.05, 0) is 24.8 Å². The molecule has 1 heterocycles. The van der Waals surface area contributed by atoms with Gasteiger partial charge in [-0.3, -0.25) is 10.1 Å². The van der Waals surface area contributed by atoms with Gasteiger partial charge in [0.2, 0.25) is 0 Å². The minimum absolute atomic E-state index is 0.00788. The van der Waals surface area contributed by atoms with Crippen LogP contribution in [-0.4, -0.2) is 28.2 Å². The van der Waals surface area contributed by atoms with Gasteiger partial charge in [-0.15, -0.1) is 0 Å². The summed E-state index contributed by atoms with van der Waals surface area (Å²) in [6.07, 6.45) is 2.79. The van der Waals surface area contributed by atoms with Crippen LogP contribution in [0.4, 0.5) is 11.7 Å². The van der Waals surface area contributed by atoms with Gasteiger partial charge in [0.1, 0.15) is 5.52 Å². The van der Waals surface area contributed by atoms with Crippen LogP contribution in [0.25, 0.3) is 11.1 Å². The lowest BCUT2D eigenvalue weighted by molar-refractivity contribution is -0.384. The molecule has 0 bridgehead atoms. The zero-order valence-electron chi connectivity index (χ0n) is 11.9. The highest BCUT2D eigenvalue weighted by Crippen LogP contribution is 2.24. The van der Waals surface area contributed by atoms with Crippen LogP contribution in [0.15, 0.2) is 22.6 Å². The van der Waals surface area contributed by atoms with E-state index in [0.717, 1.165) is 19.3 Å². The van der Waals surface area contributed by atoms with Gasteiger partial charge >= 0.3 is 0 Å². The summed E-state index contributed by atoms with van der Waals surface area (Å²) in [5.41, 5.74) is 0.963. The van der Waals surface area contributed by atoms with Crippen molar-refractivity contribution in [2.75, 3.05) is 18.5 Å². The number of rotatable bonds is 8. The molecule has 0 aliphatic carbocycles. The number of hydrogen-bond acceptors (Lipinski definition) is 6. The number of aliphatic hydroxyl groups is 1. The van der Waals surface area contributed by atoms with Crippen molar-refractivity contribution in [2.24, 2.45) is 5.92 Å². The molecule has 1 atom stereocenters. The molecule has 21 heavy (non-hydrogen) atoms. The first-order valence-electron chi connectivity index (χ1n) is 7.03. The second-order valence-electron chi connectivity index (χ2n) is 4.98. The maximum absolute atomic E-state index is 10.7. The van der Waals surface area contributed by atoms with E-state index in [2.05, 4.69) is 17.2 Å². The Balaban J connectivity index is 2.06. The lowest BCUT2D eigenvalue weighted by atomic mass is 10.0. The summed E-state index contributed by atoms with van der Waals surface area (Å²) in [4.78, 5) is 14.5. The molecular formula is C14H19N3O4. The Morgan fingerprint density at radius 2 is 2.29 bits per heavy atom. The monoisotopic (exact) mass is 293 g/mol. The average Bonchev–Trinajstić information content (AvgIpc) is 2.87. The van der Waals surface area contributed by atoms with Crippen LogP contribution in [0.1, 0.15) is 26.2 Å². The largest absolute Gasteiger partial charge is 0.424 e. The molecule has 2 rings (SSSR count). The molecule has 0 aliphatic heterocycles. The summed E-state index contributed by atoms with van der Waals surface area (Å²) in [6.45, 7) is 2.92. The van der Waals surface area contributed by atoms with Gasteiger partial charge in [-0.2, -0.15) is 4.98 Å². The SMILES string of the molecule is CCCC(CCO)CNc1nc2cc([N+](=O)[O-])ccc2o1. The number of nitrogens with zero attached hydrogens (tertiary/aromatic N) is 2. The lowest BCUT2D eigenvalue weighted by Gasteiger charge is -2.14. The van der Waals surface area contributed by atoms with Crippen LogP contribution in [-0.2, 0) is 0 Å². The van der Waals surface area contributed by atoms with Crippen LogP contribution < -0.4 is 5.32 Å². The molecule has 1 unspecified atom stereocenters. The Hall–Kier alpha value is -2.15. The second-order valence-corrected chi connectivity index (χ2v) is 4.98. The Bertz CT molecular complexity index is 605. The van der Waals surface area contributed by atoms with E-state index in [1.807, 2.05) is 0 Å². The number of anilines is 1. The van der Waals surface area contributed by atoms with Gasteiger partial charge in [0.25, 0.3) is 11.7 Å². The van der Waals surface area contributed by atoms with Crippen molar-refractivity contribution in [1.82, 2.24) is 4.98 Å². The zero-order valence-corrected chi connectivity index (χ0v) is 11.9. The number of benzene rings is 1. The van der Waals surface area contributed by atoms with E-state index < -0.39 is 4.92 Å². The predicted molar refractivity (Wildman–Crippen MR) is 79.3 cm³/mol. The Morgan fingerprint density at radius 1 is 1.48 bits per heavy atom. The smallest absolute Gasteiger partial charge is 0.295 e. The van der Waals surface area contributed by atoms with E-state index in [-0.39, 0.29) is 12.3 Å². The molecule has 1 aromatic carbocycles. The van der Waals surface area contributed by atoms with Crippen molar-refractivity contribution in [3.8, 4) is 0 Å². The zero-order chi connectivity index (χ0) is 15.2. The number of nitro benzene ring substituents is 1. The van der Waals surface area contributed by atoms with Crippen LogP contribution in [0.5, 0.6) is 0 Å². The number of aromatic nitrogens is 1. The van der Waals surface area contributed by atoms with Gasteiger partial charge in [0.15, 0.2) is 5.58 Å². The number of aliphatic hydroxyl groups excluding tert-OH is 1. The summed E-state index contributed by atoms with van der Waals surface area (Å²) in [5, 5.41) is 22.8.